The number of hydrogen-bond acceptors (Lipinski definition) is 4. The lowest BCUT2D eigenvalue weighted by molar-refractivity contribution is -0.140. The lowest BCUT2D eigenvalue weighted by Crippen LogP contribution is -2.54. The largest absolute Gasteiger partial charge is 0.352 e. The Morgan fingerprint density at radius 2 is 1.49 bits per heavy atom. The van der Waals surface area contributed by atoms with Crippen LogP contribution in [0.15, 0.2) is 102 Å². The van der Waals surface area contributed by atoms with E-state index in [2.05, 4.69) is 19.2 Å². The molecule has 0 radical (unpaired) electrons. The zero-order valence-electron chi connectivity index (χ0n) is 28.1. The van der Waals surface area contributed by atoms with Crippen molar-refractivity contribution in [3.63, 3.8) is 0 Å². The number of aryl methyl sites for hydroxylation is 1. The van der Waals surface area contributed by atoms with E-state index in [9.17, 15) is 18.0 Å². The molecule has 0 aromatic heterocycles. The second-order valence-electron chi connectivity index (χ2n) is 13.0. The van der Waals surface area contributed by atoms with Crippen molar-refractivity contribution in [1.82, 2.24) is 10.2 Å². The van der Waals surface area contributed by atoms with Crippen LogP contribution in [0.4, 0.5) is 5.69 Å². The first kappa shape index (κ1) is 36.4. The first-order valence-corrected chi connectivity index (χ1v) is 18.9. The SMILES string of the molecule is Cc1ccc(S(=O)(=O)N(CC(=O)N(Cc2ccc(Cl)c(Cl)c2)[C@H](Cc2ccccc2)C(=O)NC2CCCC2)c2ccc(C(C)C)cc2)cc1. The molecule has 49 heavy (non-hydrogen) atoms. The Bertz CT molecular complexity index is 1840. The van der Waals surface area contributed by atoms with E-state index < -0.39 is 28.5 Å². The van der Waals surface area contributed by atoms with E-state index in [1.807, 2.05) is 49.4 Å². The predicted molar refractivity (Wildman–Crippen MR) is 198 cm³/mol. The van der Waals surface area contributed by atoms with Crippen LogP contribution in [-0.4, -0.2) is 43.8 Å². The van der Waals surface area contributed by atoms with Crippen LogP contribution < -0.4 is 9.62 Å². The summed E-state index contributed by atoms with van der Waals surface area (Å²) >= 11 is 12.6. The molecule has 1 fully saturated rings. The average molecular weight is 721 g/mol. The molecule has 7 nitrogen and oxygen atoms in total. The van der Waals surface area contributed by atoms with Crippen molar-refractivity contribution >= 4 is 50.7 Å². The molecular weight excluding hydrogens is 677 g/mol. The first-order chi connectivity index (χ1) is 23.4. The highest BCUT2D eigenvalue weighted by Crippen LogP contribution is 2.29. The van der Waals surface area contributed by atoms with Gasteiger partial charge in [-0.3, -0.25) is 13.9 Å². The third kappa shape index (κ3) is 9.24. The number of rotatable bonds is 13. The molecule has 0 unspecified atom stereocenters. The molecule has 0 bridgehead atoms. The summed E-state index contributed by atoms with van der Waals surface area (Å²) < 4.78 is 29.8. The van der Waals surface area contributed by atoms with Gasteiger partial charge in [0.15, 0.2) is 0 Å². The molecule has 0 aliphatic heterocycles. The highest BCUT2D eigenvalue weighted by atomic mass is 35.5. The van der Waals surface area contributed by atoms with Crippen molar-refractivity contribution in [2.75, 3.05) is 10.8 Å². The molecule has 5 rings (SSSR count). The van der Waals surface area contributed by atoms with Gasteiger partial charge in [-0.05, 0) is 78.8 Å². The van der Waals surface area contributed by atoms with Gasteiger partial charge in [0, 0.05) is 19.0 Å². The maximum atomic E-state index is 14.7. The minimum Gasteiger partial charge on any atom is -0.352 e. The number of nitrogens with one attached hydrogen (secondary N) is 1. The van der Waals surface area contributed by atoms with Crippen LogP contribution in [0.2, 0.25) is 10.0 Å². The van der Waals surface area contributed by atoms with Crippen LogP contribution in [0.5, 0.6) is 0 Å². The van der Waals surface area contributed by atoms with Crippen molar-refractivity contribution in [2.24, 2.45) is 0 Å². The zero-order chi connectivity index (χ0) is 35.1. The molecular formula is C39H43Cl2N3O4S. The summed E-state index contributed by atoms with van der Waals surface area (Å²) in [4.78, 5) is 30.5. The maximum Gasteiger partial charge on any atom is 0.264 e. The quantitative estimate of drug-likeness (QED) is 0.151. The first-order valence-electron chi connectivity index (χ1n) is 16.7. The summed E-state index contributed by atoms with van der Waals surface area (Å²) in [5, 5.41) is 3.87. The van der Waals surface area contributed by atoms with Crippen LogP contribution in [-0.2, 0) is 32.6 Å². The average Bonchev–Trinajstić information content (AvgIpc) is 3.60. The van der Waals surface area contributed by atoms with Gasteiger partial charge in [-0.25, -0.2) is 8.42 Å². The minimum absolute atomic E-state index is 0.00994. The van der Waals surface area contributed by atoms with Gasteiger partial charge in [0.05, 0.1) is 20.6 Å². The number of benzene rings is 4. The molecule has 1 N–H and O–H groups in total. The summed E-state index contributed by atoms with van der Waals surface area (Å²) in [6.07, 6.45) is 4.04. The van der Waals surface area contributed by atoms with Crippen LogP contribution in [0.1, 0.15) is 67.7 Å². The van der Waals surface area contributed by atoms with Gasteiger partial charge in [0.2, 0.25) is 11.8 Å². The van der Waals surface area contributed by atoms with Gasteiger partial charge in [-0.2, -0.15) is 0 Å². The standard InChI is InChI=1S/C39H43Cl2N3O4S/c1-27(2)31-16-18-33(19-17-31)44(49(47,48)34-20-13-28(3)14-21-34)26-38(45)43(25-30-15-22-35(40)36(41)23-30)37(24-29-9-5-4-6-10-29)39(46)42-32-11-7-8-12-32/h4-6,9-10,13-23,27,32,37H,7-8,11-12,24-26H2,1-3H3,(H,42,46)/t37-/m1/s1. The third-order valence-corrected chi connectivity index (χ3v) is 11.6. The molecule has 2 amide bonds. The lowest BCUT2D eigenvalue weighted by Gasteiger charge is -2.34. The van der Waals surface area contributed by atoms with Gasteiger partial charge in [0.25, 0.3) is 10.0 Å². The van der Waals surface area contributed by atoms with Crippen molar-refractivity contribution < 1.29 is 18.0 Å². The van der Waals surface area contributed by atoms with Gasteiger partial charge >= 0.3 is 0 Å². The van der Waals surface area contributed by atoms with Crippen molar-refractivity contribution in [2.45, 2.75) is 82.3 Å². The molecule has 0 saturated heterocycles. The summed E-state index contributed by atoms with van der Waals surface area (Å²) in [6, 6.07) is 27.5. The van der Waals surface area contributed by atoms with Crippen molar-refractivity contribution in [3.8, 4) is 0 Å². The molecule has 258 valence electrons. The molecule has 4 aromatic carbocycles. The molecule has 1 aliphatic rings. The van der Waals surface area contributed by atoms with Crippen LogP contribution in [0.25, 0.3) is 0 Å². The number of anilines is 1. The Kier molecular flexibility index (Phi) is 12.1. The van der Waals surface area contributed by atoms with Crippen molar-refractivity contribution in [3.05, 3.63) is 129 Å². The van der Waals surface area contributed by atoms with E-state index in [0.29, 0.717) is 21.3 Å². The van der Waals surface area contributed by atoms with E-state index in [4.69, 9.17) is 23.2 Å². The molecule has 0 heterocycles. The van der Waals surface area contributed by atoms with Gasteiger partial charge in [-0.1, -0.05) is 116 Å². The highest BCUT2D eigenvalue weighted by molar-refractivity contribution is 7.92. The van der Waals surface area contributed by atoms with E-state index in [1.165, 1.54) is 4.90 Å². The number of halogens is 2. The summed E-state index contributed by atoms with van der Waals surface area (Å²) in [5.74, 6) is -0.577. The third-order valence-electron chi connectivity index (χ3n) is 9.05. The molecule has 10 heteroatoms. The Morgan fingerprint density at radius 1 is 0.837 bits per heavy atom. The van der Waals surface area contributed by atoms with E-state index in [0.717, 1.165) is 46.7 Å². The molecule has 1 saturated carbocycles. The normalized spacial score (nSPS) is 14.1. The molecule has 0 spiro atoms. The monoisotopic (exact) mass is 719 g/mol. The minimum atomic E-state index is -4.19. The fourth-order valence-electron chi connectivity index (χ4n) is 6.15. The molecule has 1 atom stereocenters. The summed E-state index contributed by atoms with van der Waals surface area (Å²) in [6.45, 7) is 5.48. The second kappa shape index (κ2) is 16.2. The smallest absolute Gasteiger partial charge is 0.264 e. The highest BCUT2D eigenvalue weighted by Gasteiger charge is 2.35. The fraction of sp³-hybridized carbons (Fsp3) is 0.333. The number of carbonyl (C=O) groups excluding carboxylic acids is 2. The van der Waals surface area contributed by atoms with Crippen LogP contribution in [0, 0.1) is 6.92 Å². The van der Waals surface area contributed by atoms with Gasteiger partial charge < -0.3 is 10.2 Å². The Labute approximate surface area is 300 Å². The van der Waals surface area contributed by atoms with Crippen LogP contribution >= 0.6 is 23.2 Å². The number of sulfonamides is 1. The van der Waals surface area contributed by atoms with Gasteiger partial charge in [0.1, 0.15) is 12.6 Å². The Morgan fingerprint density at radius 3 is 2.10 bits per heavy atom. The Balaban J connectivity index is 1.58. The fourth-order valence-corrected chi connectivity index (χ4v) is 7.88. The lowest BCUT2D eigenvalue weighted by atomic mass is 10.0. The van der Waals surface area contributed by atoms with E-state index in [1.54, 1.807) is 54.6 Å². The van der Waals surface area contributed by atoms with Crippen molar-refractivity contribution in [1.29, 1.82) is 0 Å². The van der Waals surface area contributed by atoms with Gasteiger partial charge in [-0.15, -0.1) is 0 Å². The maximum absolute atomic E-state index is 14.7. The number of amides is 2. The predicted octanol–water partition coefficient (Wildman–Crippen LogP) is 8.32. The zero-order valence-corrected chi connectivity index (χ0v) is 30.4. The number of hydrogen-bond donors (Lipinski definition) is 1. The number of nitrogens with zero attached hydrogens (tertiary/aromatic N) is 2. The van der Waals surface area contributed by atoms with E-state index >= 15 is 0 Å². The summed E-state index contributed by atoms with van der Waals surface area (Å²) in [7, 11) is -4.19. The van der Waals surface area contributed by atoms with Crippen LogP contribution in [0.3, 0.4) is 0 Å². The topological polar surface area (TPSA) is 86.8 Å². The second-order valence-corrected chi connectivity index (χ2v) is 15.7. The van der Waals surface area contributed by atoms with E-state index in [-0.39, 0.29) is 35.7 Å². The molecule has 4 aromatic rings. The summed E-state index contributed by atoms with van der Waals surface area (Å²) in [5.41, 5.74) is 3.82. The number of carbonyl (C=O) groups is 2. The molecule has 1 aliphatic carbocycles. The Hall–Kier alpha value is -3.85.